The van der Waals surface area contributed by atoms with E-state index in [1.54, 1.807) is 25.2 Å². The average Bonchev–Trinajstić information content (AvgIpc) is 2.77. The fraction of sp³-hybridized carbons (Fsp3) is 0.308. The first-order valence-corrected chi connectivity index (χ1v) is 6.12. The third-order valence-electron chi connectivity index (χ3n) is 3.59. The summed E-state index contributed by atoms with van der Waals surface area (Å²) in [6.07, 6.45) is -0.166. The molecule has 104 valence electrons. The molecule has 0 saturated heterocycles. The molecule has 0 bridgehead atoms. The van der Waals surface area contributed by atoms with Crippen molar-refractivity contribution in [1.82, 2.24) is 9.55 Å². The average molecular weight is 275 g/mol. The second-order valence-corrected chi connectivity index (χ2v) is 4.67. The van der Waals surface area contributed by atoms with Gasteiger partial charge in [-0.2, -0.15) is 0 Å². The molecule has 1 amide bonds. The van der Waals surface area contributed by atoms with Gasteiger partial charge in [0.15, 0.2) is 0 Å². The summed E-state index contributed by atoms with van der Waals surface area (Å²) in [5.41, 5.74) is 1.52. The molecule has 1 aromatic carbocycles. The first-order valence-electron chi connectivity index (χ1n) is 6.12. The standard InChI is InChI=1S/C13H13N3O4/c1-15-8-5-3-4-7-11(8)16(13(19)14-7)9(12(15)18)6-10(17)20-2/h3-5,9H,6H2,1-2H3,(H,14,19). The monoisotopic (exact) mass is 275 g/mol. The number of para-hydroxylation sites is 1. The van der Waals surface area contributed by atoms with E-state index in [-0.39, 0.29) is 12.3 Å². The Balaban J connectivity index is 2.27. The number of aromatic nitrogens is 2. The molecule has 1 aromatic heterocycles. The van der Waals surface area contributed by atoms with Crippen LogP contribution in [0.3, 0.4) is 0 Å². The van der Waals surface area contributed by atoms with Gasteiger partial charge in [-0.3, -0.25) is 14.2 Å². The SMILES string of the molecule is COC(=O)CC1C(=O)N(C)c2cccc3[nH]c(=O)n1c23. The predicted molar refractivity (Wildman–Crippen MR) is 71.6 cm³/mol. The van der Waals surface area contributed by atoms with E-state index in [9.17, 15) is 14.4 Å². The highest BCUT2D eigenvalue weighted by Crippen LogP contribution is 2.33. The van der Waals surface area contributed by atoms with E-state index in [0.29, 0.717) is 16.7 Å². The topological polar surface area (TPSA) is 84.4 Å². The number of ether oxygens (including phenoxy) is 1. The number of nitrogens with one attached hydrogen (secondary N) is 1. The number of rotatable bonds is 2. The van der Waals surface area contributed by atoms with Gasteiger partial charge >= 0.3 is 11.7 Å². The number of carbonyl (C=O) groups is 2. The molecule has 0 spiro atoms. The number of hydrogen-bond acceptors (Lipinski definition) is 4. The van der Waals surface area contributed by atoms with Gasteiger partial charge in [0.05, 0.1) is 30.3 Å². The minimum absolute atomic E-state index is 0.166. The van der Waals surface area contributed by atoms with Crippen molar-refractivity contribution >= 4 is 28.6 Å². The number of anilines is 1. The molecule has 1 unspecified atom stereocenters. The molecule has 0 aliphatic carbocycles. The summed E-state index contributed by atoms with van der Waals surface area (Å²) in [5.74, 6) is -0.838. The van der Waals surface area contributed by atoms with Crippen molar-refractivity contribution in [2.24, 2.45) is 0 Å². The fourth-order valence-electron chi connectivity index (χ4n) is 2.60. The number of methoxy groups -OCH3 is 1. The van der Waals surface area contributed by atoms with Gasteiger partial charge in [0.25, 0.3) is 5.91 Å². The molecule has 7 heteroatoms. The van der Waals surface area contributed by atoms with Gasteiger partial charge in [-0.15, -0.1) is 0 Å². The number of H-pyrrole nitrogens is 1. The van der Waals surface area contributed by atoms with E-state index in [1.807, 2.05) is 0 Å². The third-order valence-corrected chi connectivity index (χ3v) is 3.59. The Kier molecular flexibility index (Phi) is 2.63. The van der Waals surface area contributed by atoms with Crippen LogP contribution >= 0.6 is 0 Å². The Hall–Kier alpha value is -2.57. The van der Waals surface area contributed by atoms with Crippen LogP contribution in [0.15, 0.2) is 23.0 Å². The summed E-state index contributed by atoms with van der Waals surface area (Å²) in [6, 6.07) is 4.42. The van der Waals surface area contributed by atoms with E-state index in [0.717, 1.165) is 0 Å². The Labute approximate surface area is 113 Å². The lowest BCUT2D eigenvalue weighted by atomic mass is 10.1. The molecule has 0 fully saturated rings. The summed E-state index contributed by atoms with van der Waals surface area (Å²) >= 11 is 0. The van der Waals surface area contributed by atoms with E-state index >= 15 is 0 Å². The summed E-state index contributed by atoms with van der Waals surface area (Å²) in [6.45, 7) is 0. The Morgan fingerprint density at radius 3 is 2.85 bits per heavy atom. The van der Waals surface area contributed by atoms with Crippen LogP contribution in [0, 0.1) is 0 Å². The molecule has 1 aliphatic rings. The Bertz CT molecular complexity index is 774. The maximum absolute atomic E-state index is 12.4. The number of hydrogen-bond donors (Lipinski definition) is 1. The Morgan fingerprint density at radius 1 is 1.40 bits per heavy atom. The van der Waals surface area contributed by atoms with Gasteiger partial charge in [-0.05, 0) is 12.1 Å². The smallest absolute Gasteiger partial charge is 0.327 e. The number of likely N-dealkylation sites (N-methyl/N-ethyl adjacent to an activating group) is 1. The largest absolute Gasteiger partial charge is 0.469 e. The summed E-state index contributed by atoms with van der Waals surface area (Å²) in [7, 11) is 2.88. The number of carbonyl (C=O) groups excluding carboxylic acids is 2. The molecule has 20 heavy (non-hydrogen) atoms. The second kappa shape index (κ2) is 4.22. The zero-order chi connectivity index (χ0) is 14.4. The number of amides is 1. The quantitative estimate of drug-likeness (QED) is 0.804. The van der Waals surface area contributed by atoms with Crippen LogP contribution in [0.2, 0.25) is 0 Å². The van der Waals surface area contributed by atoms with Crippen molar-refractivity contribution in [2.75, 3.05) is 19.1 Å². The second-order valence-electron chi connectivity index (χ2n) is 4.67. The molecule has 0 saturated carbocycles. The molecule has 0 radical (unpaired) electrons. The summed E-state index contributed by atoms with van der Waals surface area (Å²) in [4.78, 5) is 40.1. The fourth-order valence-corrected chi connectivity index (χ4v) is 2.60. The van der Waals surface area contributed by atoms with Crippen LogP contribution in [0.4, 0.5) is 5.69 Å². The number of nitrogens with zero attached hydrogens (tertiary/aromatic N) is 2. The van der Waals surface area contributed by atoms with Crippen molar-refractivity contribution in [1.29, 1.82) is 0 Å². The van der Waals surface area contributed by atoms with Crippen LogP contribution in [-0.2, 0) is 14.3 Å². The van der Waals surface area contributed by atoms with Crippen molar-refractivity contribution in [3.05, 3.63) is 28.7 Å². The van der Waals surface area contributed by atoms with Crippen molar-refractivity contribution in [3.8, 4) is 0 Å². The highest BCUT2D eigenvalue weighted by Gasteiger charge is 2.35. The first kappa shape index (κ1) is 12.5. The van der Waals surface area contributed by atoms with Crippen molar-refractivity contribution in [2.45, 2.75) is 12.5 Å². The maximum atomic E-state index is 12.4. The molecule has 2 aromatic rings. The summed E-state index contributed by atoms with van der Waals surface area (Å²) in [5, 5.41) is 0. The molecule has 1 atom stereocenters. The Morgan fingerprint density at radius 2 is 2.15 bits per heavy atom. The lowest BCUT2D eigenvalue weighted by Crippen LogP contribution is -2.42. The number of esters is 1. The molecule has 1 aliphatic heterocycles. The minimum Gasteiger partial charge on any atom is -0.469 e. The lowest BCUT2D eigenvalue weighted by Gasteiger charge is -2.30. The van der Waals surface area contributed by atoms with Gasteiger partial charge in [-0.25, -0.2) is 4.79 Å². The lowest BCUT2D eigenvalue weighted by molar-refractivity contribution is -0.143. The van der Waals surface area contributed by atoms with Crippen LogP contribution in [0.1, 0.15) is 12.5 Å². The molecule has 3 rings (SSSR count). The van der Waals surface area contributed by atoms with Crippen LogP contribution < -0.4 is 10.6 Å². The van der Waals surface area contributed by atoms with Crippen LogP contribution in [0.5, 0.6) is 0 Å². The first-order chi connectivity index (χ1) is 9.54. The van der Waals surface area contributed by atoms with E-state index in [2.05, 4.69) is 9.72 Å². The number of benzene rings is 1. The third kappa shape index (κ3) is 1.56. The van der Waals surface area contributed by atoms with Crippen molar-refractivity contribution in [3.63, 3.8) is 0 Å². The minimum atomic E-state index is -0.872. The van der Waals surface area contributed by atoms with E-state index < -0.39 is 17.7 Å². The highest BCUT2D eigenvalue weighted by molar-refractivity contribution is 6.07. The predicted octanol–water partition coefficient (Wildman–Crippen LogP) is 0.410. The number of imidazole rings is 1. The van der Waals surface area contributed by atoms with Gasteiger partial charge < -0.3 is 14.6 Å². The van der Waals surface area contributed by atoms with Crippen LogP contribution in [0.25, 0.3) is 11.0 Å². The van der Waals surface area contributed by atoms with E-state index in [1.165, 1.54) is 16.6 Å². The molecular weight excluding hydrogens is 262 g/mol. The van der Waals surface area contributed by atoms with Crippen molar-refractivity contribution < 1.29 is 14.3 Å². The normalized spacial score (nSPS) is 17.6. The van der Waals surface area contributed by atoms with Gasteiger partial charge in [0.2, 0.25) is 0 Å². The molecular formula is C13H13N3O4. The molecule has 7 nitrogen and oxygen atoms in total. The molecule has 2 heterocycles. The summed E-state index contributed by atoms with van der Waals surface area (Å²) < 4.78 is 5.94. The van der Waals surface area contributed by atoms with Crippen LogP contribution in [-0.4, -0.2) is 35.6 Å². The van der Waals surface area contributed by atoms with Gasteiger partial charge in [-0.1, -0.05) is 6.07 Å². The zero-order valence-electron chi connectivity index (χ0n) is 11.0. The van der Waals surface area contributed by atoms with Gasteiger partial charge in [0, 0.05) is 7.05 Å². The maximum Gasteiger partial charge on any atom is 0.327 e. The number of aromatic amines is 1. The molecule has 1 N–H and O–H groups in total. The highest BCUT2D eigenvalue weighted by atomic mass is 16.5. The van der Waals surface area contributed by atoms with E-state index in [4.69, 9.17) is 0 Å². The zero-order valence-corrected chi connectivity index (χ0v) is 11.0. The van der Waals surface area contributed by atoms with Gasteiger partial charge in [0.1, 0.15) is 6.04 Å².